The summed E-state index contributed by atoms with van der Waals surface area (Å²) in [7, 11) is 0. The zero-order valence-corrected chi connectivity index (χ0v) is 38.7. The minimum absolute atomic E-state index is 0.0289. The van der Waals surface area contributed by atoms with Crippen LogP contribution >= 0.6 is 0 Å². The lowest BCUT2D eigenvalue weighted by Gasteiger charge is -2.18. The molecule has 0 heterocycles. The van der Waals surface area contributed by atoms with E-state index in [2.05, 4.69) is 142 Å². The summed E-state index contributed by atoms with van der Waals surface area (Å²) in [5.74, 6) is -0.527. The van der Waals surface area contributed by atoms with Crippen LogP contribution in [0.15, 0.2) is 122 Å². The highest BCUT2D eigenvalue weighted by Crippen LogP contribution is 2.11. The van der Waals surface area contributed by atoms with E-state index in [1.54, 1.807) is 0 Å². The van der Waals surface area contributed by atoms with E-state index in [1.165, 1.54) is 51.4 Å². The molecule has 0 aromatic rings. The lowest BCUT2D eigenvalue weighted by atomic mass is 10.1. The predicted molar refractivity (Wildman–Crippen MR) is 260 cm³/mol. The van der Waals surface area contributed by atoms with Crippen molar-refractivity contribution in [3.05, 3.63) is 122 Å². The quantitative estimate of drug-likeness (QED) is 0.0348. The van der Waals surface area contributed by atoms with Gasteiger partial charge in [0, 0.05) is 19.4 Å². The van der Waals surface area contributed by atoms with E-state index in [4.69, 9.17) is 14.2 Å². The van der Waals surface area contributed by atoms with Crippen LogP contribution in [0.2, 0.25) is 0 Å². The molecule has 0 radical (unpaired) electrons. The summed E-state index contributed by atoms with van der Waals surface area (Å²) in [6.07, 6.45) is 69.2. The van der Waals surface area contributed by atoms with E-state index in [0.29, 0.717) is 19.4 Å². The molecular formula is C55H88O5. The second-order valence-electron chi connectivity index (χ2n) is 15.2. The van der Waals surface area contributed by atoms with E-state index < -0.39 is 6.10 Å². The average Bonchev–Trinajstić information content (AvgIpc) is 3.25. The molecular weight excluding hydrogens is 741 g/mol. The molecule has 0 rings (SSSR count). The molecule has 0 amide bonds. The molecule has 0 aromatic heterocycles. The van der Waals surface area contributed by atoms with Crippen molar-refractivity contribution in [1.29, 1.82) is 0 Å². The fourth-order valence-corrected chi connectivity index (χ4v) is 5.93. The molecule has 0 saturated heterocycles. The molecule has 0 bridgehead atoms. The number of hydrogen-bond donors (Lipinski definition) is 0. The third kappa shape index (κ3) is 47.0. The van der Waals surface area contributed by atoms with Gasteiger partial charge in [-0.25, -0.2) is 0 Å². The number of unbranched alkanes of at least 4 members (excludes halogenated alkanes) is 11. The molecule has 0 aliphatic rings. The van der Waals surface area contributed by atoms with E-state index >= 15 is 0 Å². The van der Waals surface area contributed by atoms with Crippen molar-refractivity contribution in [2.75, 3.05) is 19.8 Å². The zero-order chi connectivity index (χ0) is 43.5. The molecule has 5 nitrogen and oxygen atoms in total. The van der Waals surface area contributed by atoms with Crippen molar-refractivity contribution in [3.8, 4) is 0 Å². The Bertz CT molecular complexity index is 1260. The second kappa shape index (κ2) is 49.7. The number of hydrogen-bond acceptors (Lipinski definition) is 5. The first kappa shape index (κ1) is 56.3. The zero-order valence-electron chi connectivity index (χ0n) is 38.7. The fraction of sp³-hybridized carbons (Fsp3) is 0.600. The van der Waals surface area contributed by atoms with Crippen molar-refractivity contribution in [2.24, 2.45) is 0 Å². The molecule has 0 aliphatic carbocycles. The van der Waals surface area contributed by atoms with E-state index in [9.17, 15) is 9.59 Å². The average molecular weight is 829 g/mol. The third-order valence-corrected chi connectivity index (χ3v) is 9.46. The minimum atomic E-state index is -0.591. The Morgan fingerprint density at radius 3 is 1.27 bits per heavy atom. The predicted octanol–water partition coefficient (Wildman–Crippen LogP) is 16.2. The number of rotatable bonds is 42. The van der Waals surface area contributed by atoms with Gasteiger partial charge in [0.1, 0.15) is 6.61 Å². The van der Waals surface area contributed by atoms with E-state index in [1.807, 2.05) is 0 Å². The Kier molecular flexibility index (Phi) is 46.6. The summed E-state index contributed by atoms with van der Waals surface area (Å²) in [6.45, 7) is 7.42. The summed E-state index contributed by atoms with van der Waals surface area (Å²) in [5, 5.41) is 0. The van der Waals surface area contributed by atoms with Crippen LogP contribution in [0.1, 0.15) is 188 Å². The number of carbonyl (C=O) groups excluding carboxylic acids is 2. The lowest BCUT2D eigenvalue weighted by molar-refractivity contribution is -0.162. The smallest absolute Gasteiger partial charge is 0.306 e. The molecule has 0 fully saturated rings. The summed E-state index contributed by atoms with van der Waals surface area (Å²) in [6, 6.07) is 0. The van der Waals surface area contributed by atoms with Gasteiger partial charge in [0.25, 0.3) is 0 Å². The van der Waals surface area contributed by atoms with Crippen LogP contribution in [0, 0.1) is 0 Å². The first-order valence-electron chi connectivity index (χ1n) is 24.1. The van der Waals surface area contributed by atoms with Gasteiger partial charge < -0.3 is 14.2 Å². The summed E-state index contributed by atoms with van der Waals surface area (Å²) in [4.78, 5) is 25.3. The third-order valence-electron chi connectivity index (χ3n) is 9.46. The molecule has 0 saturated carbocycles. The SMILES string of the molecule is CC/C=C\C/C=C\C/C=C\C/C=C\C/C=C\CCCC(=O)OCC(COCCCCCCCC/C=C\CCCC)OC(=O)CCCC/C=C\C/C=C\C/C=C\C/C=C\CC. The topological polar surface area (TPSA) is 61.8 Å². The Hall–Kier alpha value is -3.70. The molecule has 5 heteroatoms. The van der Waals surface area contributed by atoms with Crippen LogP contribution in [0.5, 0.6) is 0 Å². The van der Waals surface area contributed by atoms with E-state index in [0.717, 1.165) is 103 Å². The van der Waals surface area contributed by atoms with Crippen LogP contribution < -0.4 is 0 Å². The van der Waals surface area contributed by atoms with Gasteiger partial charge in [0.15, 0.2) is 6.10 Å². The molecule has 338 valence electrons. The van der Waals surface area contributed by atoms with Crippen molar-refractivity contribution in [2.45, 2.75) is 194 Å². The summed E-state index contributed by atoms with van der Waals surface area (Å²) >= 11 is 0. The Morgan fingerprint density at radius 1 is 0.383 bits per heavy atom. The lowest BCUT2D eigenvalue weighted by Crippen LogP contribution is -2.30. The molecule has 0 spiro atoms. The van der Waals surface area contributed by atoms with Crippen LogP contribution in [0.3, 0.4) is 0 Å². The highest BCUT2D eigenvalue weighted by atomic mass is 16.6. The van der Waals surface area contributed by atoms with Crippen molar-refractivity contribution < 1.29 is 23.8 Å². The van der Waals surface area contributed by atoms with Crippen molar-refractivity contribution in [3.63, 3.8) is 0 Å². The van der Waals surface area contributed by atoms with Crippen molar-refractivity contribution in [1.82, 2.24) is 0 Å². The first-order valence-corrected chi connectivity index (χ1v) is 24.1. The second-order valence-corrected chi connectivity index (χ2v) is 15.2. The number of allylic oxidation sites excluding steroid dienone is 20. The van der Waals surface area contributed by atoms with Gasteiger partial charge in [-0.05, 0) is 116 Å². The minimum Gasteiger partial charge on any atom is -0.462 e. The van der Waals surface area contributed by atoms with Gasteiger partial charge in [-0.1, -0.05) is 181 Å². The van der Waals surface area contributed by atoms with Gasteiger partial charge in [-0.3, -0.25) is 9.59 Å². The Morgan fingerprint density at radius 2 is 0.767 bits per heavy atom. The standard InChI is InChI=1S/C55H88O5/c1-4-7-10-13-16-19-22-25-27-28-30-31-33-36-39-42-45-48-54(56)59-52-53(51-58-50-47-44-41-38-35-24-21-18-15-12-9-6-3)60-55(57)49-46-43-40-37-34-32-29-26-23-20-17-14-11-8-5-2/h7-8,10-11,15-20,25-27,29-31,34,36-37,39,53H,4-6,9,12-14,21-24,28,32-33,35,38,40-52H2,1-3H3/b10-7-,11-8-,18-15-,19-16-,20-17-,27-25-,29-26-,31-30-,37-34-,39-36-. The van der Waals surface area contributed by atoms with Crippen LogP contribution in [-0.2, 0) is 23.8 Å². The van der Waals surface area contributed by atoms with Gasteiger partial charge in [-0.2, -0.15) is 0 Å². The molecule has 0 aromatic carbocycles. The molecule has 1 unspecified atom stereocenters. The number of carbonyl (C=O) groups is 2. The highest BCUT2D eigenvalue weighted by molar-refractivity contribution is 5.70. The van der Waals surface area contributed by atoms with Gasteiger partial charge in [-0.15, -0.1) is 0 Å². The Balaban J connectivity index is 4.46. The first-order chi connectivity index (χ1) is 29.6. The highest BCUT2D eigenvalue weighted by Gasteiger charge is 2.17. The summed E-state index contributed by atoms with van der Waals surface area (Å²) in [5.41, 5.74) is 0. The Labute approximate surface area is 369 Å². The van der Waals surface area contributed by atoms with Crippen LogP contribution in [-0.4, -0.2) is 37.9 Å². The van der Waals surface area contributed by atoms with Gasteiger partial charge >= 0.3 is 11.9 Å². The summed E-state index contributed by atoms with van der Waals surface area (Å²) < 4.78 is 17.3. The van der Waals surface area contributed by atoms with Gasteiger partial charge in [0.2, 0.25) is 0 Å². The fourth-order valence-electron chi connectivity index (χ4n) is 5.93. The maximum atomic E-state index is 12.7. The maximum absolute atomic E-state index is 12.7. The molecule has 60 heavy (non-hydrogen) atoms. The van der Waals surface area contributed by atoms with E-state index in [-0.39, 0.29) is 25.2 Å². The monoisotopic (exact) mass is 829 g/mol. The number of esters is 2. The molecule has 1 atom stereocenters. The maximum Gasteiger partial charge on any atom is 0.306 e. The largest absolute Gasteiger partial charge is 0.462 e. The molecule has 0 aliphatic heterocycles. The van der Waals surface area contributed by atoms with Crippen LogP contribution in [0.25, 0.3) is 0 Å². The normalized spacial score (nSPS) is 13.3. The van der Waals surface area contributed by atoms with Crippen LogP contribution in [0.4, 0.5) is 0 Å². The van der Waals surface area contributed by atoms with Crippen molar-refractivity contribution >= 4 is 11.9 Å². The van der Waals surface area contributed by atoms with Gasteiger partial charge in [0.05, 0.1) is 6.61 Å². The molecule has 0 N–H and O–H groups in total. The number of ether oxygens (including phenoxy) is 3.